The maximum Gasteiger partial charge on any atom is 0.419 e. The summed E-state index contributed by atoms with van der Waals surface area (Å²) in [7, 11) is 0. The number of aromatic carboxylic acids is 1. The van der Waals surface area contributed by atoms with Crippen LogP contribution in [0.15, 0.2) is 18.2 Å². The number of hydrogen-bond acceptors (Lipinski definition) is 3. The lowest BCUT2D eigenvalue weighted by atomic mass is 10.0. The van der Waals surface area contributed by atoms with Crippen LogP contribution in [0.2, 0.25) is 0 Å². The third-order valence-electron chi connectivity index (χ3n) is 3.35. The number of carboxylic acids is 1. The zero-order valence-corrected chi connectivity index (χ0v) is 11.2. The lowest BCUT2D eigenvalue weighted by molar-refractivity contribution is -0.139. The van der Waals surface area contributed by atoms with Gasteiger partial charge < -0.3 is 14.6 Å². The fourth-order valence-electron chi connectivity index (χ4n) is 2.13. The van der Waals surface area contributed by atoms with Gasteiger partial charge >= 0.3 is 12.1 Å². The molecule has 4 nitrogen and oxygen atoms in total. The van der Waals surface area contributed by atoms with Crippen LogP contribution in [0.3, 0.4) is 0 Å². The summed E-state index contributed by atoms with van der Waals surface area (Å²) >= 11 is 0. The van der Waals surface area contributed by atoms with E-state index < -0.39 is 23.3 Å². The maximum absolute atomic E-state index is 13.0. The third kappa shape index (κ3) is 4.10. The SMILES string of the molecule is O=C(O)c1ccc(OCC2CCOCC2)c(C(F)(F)F)c1. The predicted octanol–water partition coefficient (Wildman–Crippen LogP) is 3.21. The summed E-state index contributed by atoms with van der Waals surface area (Å²) in [6.07, 6.45) is -3.17. The van der Waals surface area contributed by atoms with Crippen molar-refractivity contribution in [3.8, 4) is 5.75 Å². The minimum Gasteiger partial charge on any atom is -0.493 e. The average molecular weight is 304 g/mol. The van der Waals surface area contributed by atoms with E-state index in [2.05, 4.69) is 0 Å². The fraction of sp³-hybridized carbons (Fsp3) is 0.500. The maximum atomic E-state index is 13.0. The van der Waals surface area contributed by atoms with Gasteiger partial charge in [-0.1, -0.05) is 0 Å². The quantitative estimate of drug-likeness (QED) is 0.928. The summed E-state index contributed by atoms with van der Waals surface area (Å²) in [6.45, 7) is 1.33. The first-order valence-corrected chi connectivity index (χ1v) is 6.53. The minimum absolute atomic E-state index is 0.152. The Morgan fingerprint density at radius 1 is 1.33 bits per heavy atom. The molecular weight excluding hydrogens is 289 g/mol. The topological polar surface area (TPSA) is 55.8 Å². The van der Waals surface area contributed by atoms with E-state index in [-0.39, 0.29) is 18.3 Å². The van der Waals surface area contributed by atoms with Crippen molar-refractivity contribution in [3.63, 3.8) is 0 Å². The smallest absolute Gasteiger partial charge is 0.419 e. The van der Waals surface area contributed by atoms with E-state index in [9.17, 15) is 18.0 Å². The largest absolute Gasteiger partial charge is 0.493 e. The molecule has 116 valence electrons. The Kier molecular flexibility index (Phi) is 4.72. The monoisotopic (exact) mass is 304 g/mol. The molecule has 1 fully saturated rings. The number of carboxylic acid groups (broad SMARTS) is 1. The van der Waals surface area contributed by atoms with Crippen molar-refractivity contribution in [2.75, 3.05) is 19.8 Å². The van der Waals surface area contributed by atoms with Crippen molar-refractivity contribution in [2.45, 2.75) is 19.0 Å². The van der Waals surface area contributed by atoms with Gasteiger partial charge in [-0.15, -0.1) is 0 Å². The molecule has 0 radical (unpaired) electrons. The highest BCUT2D eigenvalue weighted by molar-refractivity contribution is 5.88. The van der Waals surface area contributed by atoms with Gasteiger partial charge in [0.15, 0.2) is 0 Å². The summed E-state index contributed by atoms with van der Waals surface area (Å²) in [5.74, 6) is -1.59. The molecule has 0 unspecified atom stereocenters. The second-order valence-corrected chi connectivity index (χ2v) is 4.88. The number of rotatable bonds is 4. The molecule has 0 aliphatic carbocycles. The van der Waals surface area contributed by atoms with Crippen molar-refractivity contribution in [1.29, 1.82) is 0 Å². The second-order valence-electron chi connectivity index (χ2n) is 4.88. The first-order valence-electron chi connectivity index (χ1n) is 6.53. The predicted molar refractivity (Wildman–Crippen MR) is 67.4 cm³/mol. The summed E-state index contributed by atoms with van der Waals surface area (Å²) in [4.78, 5) is 10.8. The Hall–Kier alpha value is -1.76. The van der Waals surface area contributed by atoms with Gasteiger partial charge in [0.25, 0.3) is 0 Å². The molecule has 1 heterocycles. The van der Waals surface area contributed by atoms with Gasteiger partial charge in [-0.3, -0.25) is 0 Å². The van der Waals surface area contributed by atoms with Gasteiger partial charge in [0.05, 0.1) is 17.7 Å². The number of ether oxygens (including phenoxy) is 2. The summed E-state index contributed by atoms with van der Waals surface area (Å²) in [6, 6.07) is 2.77. The number of alkyl halides is 3. The minimum atomic E-state index is -4.66. The van der Waals surface area contributed by atoms with Crippen LogP contribution in [0.5, 0.6) is 5.75 Å². The lowest BCUT2D eigenvalue weighted by Crippen LogP contribution is -2.22. The van der Waals surface area contributed by atoms with Gasteiger partial charge in [0, 0.05) is 13.2 Å². The highest BCUT2D eigenvalue weighted by Crippen LogP contribution is 2.37. The van der Waals surface area contributed by atoms with Crippen molar-refractivity contribution in [2.24, 2.45) is 5.92 Å². The van der Waals surface area contributed by atoms with Crippen LogP contribution in [-0.2, 0) is 10.9 Å². The molecule has 1 saturated heterocycles. The fourth-order valence-corrected chi connectivity index (χ4v) is 2.13. The molecule has 0 bridgehead atoms. The molecule has 1 aromatic carbocycles. The number of hydrogen-bond donors (Lipinski definition) is 1. The highest BCUT2D eigenvalue weighted by atomic mass is 19.4. The Bertz CT molecular complexity index is 507. The third-order valence-corrected chi connectivity index (χ3v) is 3.35. The van der Waals surface area contributed by atoms with Gasteiger partial charge in [0.2, 0.25) is 0 Å². The molecule has 21 heavy (non-hydrogen) atoms. The molecule has 0 aromatic heterocycles. The van der Waals surface area contributed by atoms with E-state index in [0.29, 0.717) is 19.3 Å². The first kappa shape index (κ1) is 15.6. The molecule has 7 heteroatoms. The standard InChI is InChI=1S/C14H15F3O4/c15-14(16,17)11-7-10(13(18)19)1-2-12(11)21-8-9-3-5-20-6-4-9/h1-2,7,9H,3-6,8H2,(H,18,19). The van der Waals surface area contributed by atoms with Crippen LogP contribution in [-0.4, -0.2) is 30.9 Å². The Morgan fingerprint density at radius 3 is 2.57 bits per heavy atom. The van der Waals surface area contributed by atoms with E-state index in [1.807, 2.05) is 0 Å². The van der Waals surface area contributed by atoms with Gasteiger partial charge in [0.1, 0.15) is 5.75 Å². The van der Waals surface area contributed by atoms with E-state index >= 15 is 0 Å². The first-order chi connectivity index (χ1) is 9.88. The van der Waals surface area contributed by atoms with E-state index in [1.54, 1.807) is 0 Å². The zero-order chi connectivity index (χ0) is 15.5. The Labute approximate surface area is 119 Å². The number of benzene rings is 1. The summed E-state index contributed by atoms with van der Waals surface area (Å²) in [5, 5.41) is 8.78. The van der Waals surface area contributed by atoms with Crippen LogP contribution in [0.25, 0.3) is 0 Å². The van der Waals surface area contributed by atoms with E-state index in [1.165, 1.54) is 0 Å². The molecule has 2 rings (SSSR count). The summed E-state index contributed by atoms with van der Waals surface area (Å²) in [5.41, 5.74) is -1.48. The Morgan fingerprint density at radius 2 is 2.00 bits per heavy atom. The van der Waals surface area contributed by atoms with Gasteiger partial charge in [-0.05, 0) is 37.0 Å². The Balaban J connectivity index is 2.15. The molecular formula is C14H15F3O4. The molecule has 1 aliphatic rings. The van der Waals surface area contributed by atoms with Crippen LogP contribution in [0, 0.1) is 5.92 Å². The lowest BCUT2D eigenvalue weighted by Gasteiger charge is -2.23. The average Bonchev–Trinajstić information content (AvgIpc) is 2.45. The van der Waals surface area contributed by atoms with Crippen LogP contribution >= 0.6 is 0 Å². The van der Waals surface area contributed by atoms with Crippen LogP contribution in [0.1, 0.15) is 28.8 Å². The van der Waals surface area contributed by atoms with E-state index in [4.69, 9.17) is 14.6 Å². The van der Waals surface area contributed by atoms with Crippen LogP contribution in [0.4, 0.5) is 13.2 Å². The van der Waals surface area contributed by atoms with Crippen molar-refractivity contribution >= 4 is 5.97 Å². The van der Waals surface area contributed by atoms with Crippen molar-refractivity contribution in [3.05, 3.63) is 29.3 Å². The van der Waals surface area contributed by atoms with Crippen molar-refractivity contribution in [1.82, 2.24) is 0 Å². The molecule has 0 spiro atoms. The molecule has 0 atom stereocenters. The second kappa shape index (κ2) is 6.34. The van der Waals surface area contributed by atoms with Gasteiger partial charge in [-0.2, -0.15) is 13.2 Å². The zero-order valence-electron chi connectivity index (χ0n) is 11.2. The van der Waals surface area contributed by atoms with E-state index in [0.717, 1.165) is 25.0 Å². The normalized spacial score (nSPS) is 16.7. The number of halogens is 3. The molecule has 0 saturated carbocycles. The van der Waals surface area contributed by atoms with Gasteiger partial charge in [-0.25, -0.2) is 4.79 Å². The van der Waals surface area contributed by atoms with Crippen LogP contribution < -0.4 is 4.74 Å². The van der Waals surface area contributed by atoms with Crippen molar-refractivity contribution < 1.29 is 32.5 Å². The molecule has 1 aromatic rings. The number of carbonyl (C=O) groups is 1. The summed E-state index contributed by atoms with van der Waals surface area (Å²) < 4.78 is 49.3. The highest BCUT2D eigenvalue weighted by Gasteiger charge is 2.35. The molecule has 1 N–H and O–H groups in total. The molecule has 0 amide bonds. The molecule has 1 aliphatic heterocycles.